The van der Waals surface area contributed by atoms with Gasteiger partial charge >= 0.3 is 0 Å². The number of sulfonamides is 1. The predicted molar refractivity (Wildman–Crippen MR) is 99.9 cm³/mol. The SMILES string of the molecule is COc1ccccc1NC(=O)[C@H](C)N(c1cccc(Cl)c1)S(C)(=O)=O. The summed E-state index contributed by atoms with van der Waals surface area (Å²) in [5.74, 6) is -0.00777. The lowest BCUT2D eigenvalue weighted by Gasteiger charge is -2.28. The molecule has 25 heavy (non-hydrogen) atoms. The van der Waals surface area contributed by atoms with Gasteiger partial charge in [-0.05, 0) is 37.3 Å². The molecule has 0 aliphatic rings. The molecule has 8 heteroatoms. The van der Waals surface area contributed by atoms with Gasteiger partial charge in [-0.1, -0.05) is 29.8 Å². The number of ether oxygens (including phenoxy) is 1. The summed E-state index contributed by atoms with van der Waals surface area (Å²) in [5.41, 5.74) is 0.777. The molecule has 134 valence electrons. The number of carbonyl (C=O) groups is 1. The largest absolute Gasteiger partial charge is 0.495 e. The number of para-hydroxylation sites is 2. The Labute approximate surface area is 152 Å². The Morgan fingerprint density at radius 3 is 2.48 bits per heavy atom. The first-order valence-electron chi connectivity index (χ1n) is 7.43. The molecule has 0 heterocycles. The number of nitrogens with one attached hydrogen (secondary N) is 1. The lowest BCUT2D eigenvalue weighted by atomic mass is 10.2. The molecule has 0 aromatic heterocycles. The van der Waals surface area contributed by atoms with Crippen LogP contribution in [0.3, 0.4) is 0 Å². The van der Waals surface area contributed by atoms with E-state index in [0.29, 0.717) is 22.1 Å². The van der Waals surface area contributed by atoms with E-state index >= 15 is 0 Å². The van der Waals surface area contributed by atoms with Crippen LogP contribution in [-0.2, 0) is 14.8 Å². The Kier molecular flexibility index (Phi) is 5.92. The van der Waals surface area contributed by atoms with E-state index in [9.17, 15) is 13.2 Å². The third-order valence-electron chi connectivity index (χ3n) is 3.52. The van der Waals surface area contributed by atoms with Crippen LogP contribution < -0.4 is 14.4 Å². The van der Waals surface area contributed by atoms with Crippen molar-refractivity contribution < 1.29 is 17.9 Å². The number of halogens is 1. The minimum atomic E-state index is -3.70. The molecule has 0 aliphatic heterocycles. The zero-order valence-electron chi connectivity index (χ0n) is 14.1. The molecule has 0 unspecified atom stereocenters. The van der Waals surface area contributed by atoms with Crippen LogP contribution in [0, 0.1) is 0 Å². The summed E-state index contributed by atoms with van der Waals surface area (Å²) >= 11 is 5.95. The maximum atomic E-state index is 12.6. The normalized spacial score (nSPS) is 12.3. The molecule has 0 saturated heterocycles. The molecule has 2 aromatic carbocycles. The third kappa shape index (κ3) is 4.64. The molecule has 0 aliphatic carbocycles. The lowest BCUT2D eigenvalue weighted by molar-refractivity contribution is -0.116. The Morgan fingerprint density at radius 2 is 1.88 bits per heavy atom. The van der Waals surface area contributed by atoms with Gasteiger partial charge in [0.15, 0.2) is 0 Å². The van der Waals surface area contributed by atoms with Gasteiger partial charge in [-0.25, -0.2) is 8.42 Å². The van der Waals surface area contributed by atoms with Crippen LogP contribution in [0.1, 0.15) is 6.92 Å². The van der Waals surface area contributed by atoms with Crippen molar-refractivity contribution in [3.8, 4) is 5.75 Å². The highest BCUT2D eigenvalue weighted by atomic mass is 35.5. The number of benzene rings is 2. The molecular formula is C17H19ClN2O4S. The molecule has 0 saturated carbocycles. The molecule has 0 bridgehead atoms. The van der Waals surface area contributed by atoms with Crippen molar-refractivity contribution >= 4 is 38.9 Å². The van der Waals surface area contributed by atoms with Gasteiger partial charge in [0, 0.05) is 5.02 Å². The van der Waals surface area contributed by atoms with Crippen molar-refractivity contribution in [1.82, 2.24) is 0 Å². The number of methoxy groups -OCH3 is 1. The topological polar surface area (TPSA) is 75.7 Å². The van der Waals surface area contributed by atoms with E-state index in [1.165, 1.54) is 20.1 Å². The van der Waals surface area contributed by atoms with Crippen molar-refractivity contribution in [3.05, 3.63) is 53.6 Å². The van der Waals surface area contributed by atoms with Gasteiger partial charge in [-0.3, -0.25) is 9.10 Å². The Hall–Kier alpha value is -2.25. The number of nitrogens with zero attached hydrogens (tertiary/aromatic N) is 1. The fourth-order valence-corrected chi connectivity index (χ4v) is 3.76. The van der Waals surface area contributed by atoms with Gasteiger partial charge in [0.25, 0.3) is 0 Å². The predicted octanol–water partition coefficient (Wildman–Crippen LogP) is 3.14. The summed E-state index contributed by atoms with van der Waals surface area (Å²) in [5, 5.41) is 3.07. The van der Waals surface area contributed by atoms with Crippen LogP contribution in [0.15, 0.2) is 48.5 Å². The minimum Gasteiger partial charge on any atom is -0.495 e. The summed E-state index contributed by atoms with van der Waals surface area (Å²) in [7, 11) is -2.22. The second-order valence-corrected chi connectivity index (χ2v) is 7.70. The minimum absolute atomic E-state index is 0.317. The second kappa shape index (κ2) is 7.76. The smallest absolute Gasteiger partial charge is 0.248 e. The van der Waals surface area contributed by atoms with Gasteiger partial charge < -0.3 is 10.1 Å². The number of amides is 1. The molecule has 0 fully saturated rings. The van der Waals surface area contributed by atoms with E-state index in [2.05, 4.69) is 5.32 Å². The van der Waals surface area contributed by atoms with E-state index in [0.717, 1.165) is 10.6 Å². The van der Waals surface area contributed by atoms with Gasteiger partial charge in [-0.2, -0.15) is 0 Å². The highest BCUT2D eigenvalue weighted by molar-refractivity contribution is 7.92. The Morgan fingerprint density at radius 1 is 1.20 bits per heavy atom. The van der Waals surface area contributed by atoms with Gasteiger partial charge in [0.1, 0.15) is 11.8 Å². The molecule has 2 aromatic rings. The monoisotopic (exact) mass is 382 g/mol. The molecule has 2 rings (SSSR count). The molecule has 0 spiro atoms. The van der Waals surface area contributed by atoms with E-state index in [1.54, 1.807) is 42.5 Å². The summed E-state index contributed by atoms with van der Waals surface area (Å²) in [6, 6.07) is 12.2. The fraction of sp³-hybridized carbons (Fsp3) is 0.235. The highest BCUT2D eigenvalue weighted by Crippen LogP contribution is 2.26. The summed E-state index contributed by atoms with van der Waals surface area (Å²) in [6.07, 6.45) is 1.04. The maximum absolute atomic E-state index is 12.6. The van der Waals surface area contributed by atoms with Crippen LogP contribution in [0.2, 0.25) is 5.02 Å². The van der Waals surface area contributed by atoms with Crippen molar-refractivity contribution in [2.45, 2.75) is 13.0 Å². The van der Waals surface area contributed by atoms with Gasteiger partial charge in [0.05, 0.1) is 24.7 Å². The van der Waals surface area contributed by atoms with Crippen LogP contribution in [0.5, 0.6) is 5.75 Å². The van der Waals surface area contributed by atoms with E-state index in [-0.39, 0.29) is 0 Å². The van der Waals surface area contributed by atoms with Crippen LogP contribution in [-0.4, -0.2) is 33.7 Å². The maximum Gasteiger partial charge on any atom is 0.248 e. The molecule has 1 N–H and O–H groups in total. The average Bonchev–Trinajstić information content (AvgIpc) is 2.54. The van der Waals surface area contributed by atoms with E-state index in [1.807, 2.05) is 0 Å². The van der Waals surface area contributed by atoms with E-state index in [4.69, 9.17) is 16.3 Å². The number of anilines is 2. The van der Waals surface area contributed by atoms with Crippen molar-refractivity contribution in [2.24, 2.45) is 0 Å². The molecular weight excluding hydrogens is 364 g/mol. The first-order chi connectivity index (χ1) is 11.7. The van der Waals surface area contributed by atoms with Crippen LogP contribution in [0.4, 0.5) is 11.4 Å². The fourth-order valence-electron chi connectivity index (χ4n) is 2.41. The van der Waals surface area contributed by atoms with Crippen molar-refractivity contribution in [1.29, 1.82) is 0 Å². The first kappa shape index (κ1) is 19.1. The zero-order chi connectivity index (χ0) is 18.6. The van der Waals surface area contributed by atoms with E-state index < -0.39 is 22.0 Å². The lowest BCUT2D eigenvalue weighted by Crippen LogP contribution is -2.45. The number of rotatable bonds is 6. The quantitative estimate of drug-likeness (QED) is 0.832. The van der Waals surface area contributed by atoms with Gasteiger partial charge in [-0.15, -0.1) is 0 Å². The summed E-state index contributed by atoms with van der Waals surface area (Å²) < 4.78 is 30.7. The van der Waals surface area contributed by atoms with Crippen LogP contribution >= 0.6 is 11.6 Å². The second-order valence-electron chi connectivity index (χ2n) is 5.40. The Balaban J connectivity index is 2.33. The van der Waals surface area contributed by atoms with Crippen molar-refractivity contribution in [3.63, 3.8) is 0 Å². The van der Waals surface area contributed by atoms with Gasteiger partial charge in [0.2, 0.25) is 15.9 Å². The Bertz CT molecular complexity index is 870. The third-order valence-corrected chi connectivity index (χ3v) is 4.99. The number of hydrogen-bond acceptors (Lipinski definition) is 4. The molecule has 0 radical (unpaired) electrons. The molecule has 1 amide bonds. The number of carbonyl (C=O) groups excluding carboxylic acids is 1. The zero-order valence-corrected chi connectivity index (χ0v) is 15.6. The highest BCUT2D eigenvalue weighted by Gasteiger charge is 2.29. The van der Waals surface area contributed by atoms with Crippen molar-refractivity contribution in [2.75, 3.05) is 23.0 Å². The molecule has 1 atom stereocenters. The summed E-state index contributed by atoms with van der Waals surface area (Å²) in [4.78, 5) is 12.6. The molecule has 6 nitrogen and oxygen atoms in total. The standard InChI is InChI=1S/C17H19ClN2O4S/c1-12(17(21)19-15-9-4-5-10-16(15)24-2)20(25(3,22)23)14-8-6-7-13(18)11-14/h4-12H,1-3H3,(H,19,21)/t12-/m0/s1. The average molecular weight is 383 g/mol. The summed E-state index contributed by atoms with van der Waals surface area (Å²) in [6.45, 7) is 1.51. The van der Waals surface area contributed by atoms with Crippen LogP contribution in [0.25, 0.3) is 0 Å². The number of hydrogen-bond donors (Lipinski definition) is 1. The first-order valence-corrected chi connectivity index (χ1v) is 9.65.